The van der Waals surface area contributed by atoms with Crippen LogP contribution in [-0.4, -0.2) is 20.9 Å². The van der Waals surface area contributed by atoms with Crippen molar-refractivity contribution in [2.45, 2.75) is 78.7 Å². The maximum absolute atomic E-state index is 11.3. The zero-order valence-corrected chi connectivity index (χ0v) is 16.4. The molecule has 0 radical (unpaired) electrons. The summed E-state index contributed by atoms with van der Waals surface area (Å²) in [6.07, 6.45) is 5.92. The van der Waals surface area contributed by atoms with Gasteiger partial charge in [-0.1, -0.05) is 34.1 Å². The summed E-state index contributed by atoms with van der Waals surface area (Å²) in [5, 5.41) is 31.4. The van der Waals surface area contributed by atoms with Crippen molar-refractivity contribution >= 4 is 0 Å². The van der Waals surface area contributed by atoms with E-state index in [0.29, 0.717) is 6.42 Å². The van der Waals surface area contributed by atoms with E-state index >= 15 is 0 Å². The molecule has 1 aromatic carbocycles. The van der Waals surface area contributed by atoms with E-state index in [-0.39, 0.29) is 33.7 Å². The fourth-order valence-electron chi connectivity index (χ4n) is 6.17. The van der Waals surface area contributed by atoms with Gasteiger partial charge in [-0.25, -0.2) is 0 Å². The Bertz CT molecular complexity index is 663. The summed E-state index contributed by atoms with van der Waals surface area (Å²) in [7, 11) is 0. The number of phenols is 2. The van der Waals surface area contributed by atoms with Crippen molar-refractivity contribution in [3.63, 3.8) is 0 Å². The molecule has 0 saturated heterocycles. The van der Waals surface area contributed by atoms with Crippen LogP contribution < -0.4 is 0 Å². The van der Waals surface area contributed by atoms with Crippen LogP contribution in [0.3, 0.4) is 0 Å². The summed E-state index contributed by atoms with van der Waals surface area (Å²) in [6, 6.07) is 4.70. The molecule has 2 aliphatic rings. The number of aliphatic hydroxyl groups is 1. The molecule has 3 heteroatoms. The Labute approximate surface area is 152 Å². The Hall–Kier alpha value is -1.22. The summed E-state index contributed by atoms with van der Waals surface area (Å²) < 4.78 is 0. The number of benzene rings is 1. The van der Waals surface area contributed by atoms with Crippen molar-refractivity contribution in [2.75, 3.05) is 0 Å². The van der Waals surface area contributed by atoms with Gasteiger partial charge in [0.15, 0.2) is 0 Å². The summed E-state index contributed by atoms with van der Waals surface area (Å²) >= 11 is 0. The molecule has 0 amide bonds. The van der Waals surface area contributed by atoms with Crippen molar-refractivity contribution < 1.29 is 15.3 Å². The van der Waals surface area contributed by atoms with E-state index in [2.05, 4.69) is 27.7 Å². The molecule has 140 valence electrons. The van der Waals surface area contributed by atoms with Gasteiger partial charge in [0.05, 0.1) is 5.60 Å². The minimum Gasteiger partial charge on any atom is -0.508 e. The third-order valence-electron chi connectivity index (χ3n) is 8.39. The topological polar surface area (TPSA) is 60.7 Å². The molecule has 0 aromatic heterocycles. The highest BCUT2D eigenvalue weighted by molar-refractivity contribution is 5.39. The minimum absolute atomic E-state index is 0.00556. The largest absolute Gasteiger partial charge is 0.508 e. The first-order valence-electron chi connectivity index (χ1n) is 9.66. The average molecular weight is 347 g/mol. The highest BCUT2D eigenvalue weighted by Gasteiger charge is 2.64. The molecule has 0 spiro atoms. The normalized spacial score (nSPS) is 40.5. The van der Waals surface area contributed by atoms with Crippen LogP contribution in [0.15, 0.2) is 18.2 Å². The predicted molar refractivity (Wildman–Crippen MR) is 101 cm³/mol. The molecule has 0 heterocycles. The van der Waals surface area contributed by atoms with Crippen molar-refractivity contribution in [2.24, 2.45) is 22.2 Å². The number of rotatable bonds is 2. The van der Waals surface area contributed by atoms with E-state index in [1.165, 1.54) is 18.9 Å². The molecule has 2 fully saturated rings. The first-order chi connectivity index (χ1) is 11.4. The molecule has 25 heavy (non-hydrogen) atoms. The number of fused-ring (bicyclic) bond motifs is 1. The lowest BCUT2D eigenvalue weighted by Gasteiger charge is -2.67. The van der Waals surface area contributed by atoms with Gasteiger partial charge in [-0.2, -0.15) is 0 Å². The van der Waals surface area contributed by atoms with E-state index in [0.717, 1.165) is 24.8 Å². The monoisotopic (exact) mass is 346 g/mol. The molecule has 3 rings (SSSR count). The van der Waals surface area contributed by atoms with Crippen molar-refractivity contribution in [1.29, 1.82) is 0 Å². The first-order valence-corrected chi connectivity index (χ1v) is 9.66. The molecule has 1 aromatic rings. The van der Waals surface area contributed by atoms with Crippen molar-refractivity contribution in [3.8, 4) is 11.5 Å². The number of hydrogen-bond donors (Lipinski definition) is 3. The van der Waals surface area contributed by atoms with Crippen LogP contribution in [0.1, 0.15) is 72.3 Å². The molecule has 0 aliphatic heterocycles. The fraction of sp³-hybridized carbons (Fsp3) is 0.727. The third kappa shape index (κ3) is 2.66. The molecule has 0 bridgehead atoms. The second-order valence-electron chi connectivity index (χ2n) is 9.91. The van der Waals surface area contributed by atoms with Crippen LogP contribution in [0.25, 0.3) is 0 Å². The van der Waals surface area contributed by atoms with Crippen LogP contribution in [0.5, 0.6) is 11.5 Å². The van der Waals surface area contributed by atoms with Crippen LogP contribution in [-0.2, 0) is 6.42 Å². The second-order valence-corrected chi connectivity index (χ2v) is 9.91. The average Bonchev–Trinajstić information content (AvgIpc) is 2.50. The number of phenolic OH excluding ortho intramolecular Hbond substituents is 2. The quantitative estimate of drug-likeness (QED) is 0.659. The first kappa shape index (κ1) is 18.6. The van der Waals surface area contributed by atoms with Crippen molar-refractivity contribution in [3.05, 3.63) is 23.8 Å². The Morgan fingerprint density at radius 1 is 0.960 bits per heavy atom. The summed E-state index contributed by atoms with van der Waals surface area (Å²) in [5.41, 5.74) is 0.348. The lowest BCUT2D eigenvalue weighted by Crippen LogP contribution is -2.63. The van der Waals surface area contributed by atoms with E-state index in [9.17, 15) is 15.3 Å². The second kappa shape index (κ2) is 5.64. The number of hydrogen-bond acceptors (Lipinski definition) is 3. The van der Waals surface area contributed by atoms with E-state index in [4.69, 9.17) is 0 Å². The van der Waals surface area contributed by atoms with Gasteiger partial charge in [-0.05, 0) is 85.0 Å². The minimum atomic E-state index is -0.764. The van der Waals surface area contributed by atoms with Gasteiger partial charge in [0.2, 0.25) is 0 Å². The lowest BCUT2D eigenvalue weighted by atomic mass is 9.38. The van der Waals surface area contributed by atoms with Gasteiger partial charge >= 0.3 is 0 Å². The maximum Gasteiger partial charge on any atom is 0.119 e. The Kier molecular flexibility index (Phi) is 4.19. The van der Waals surface area contributed by atoms with Crippen LogP contribution in [0, 0.1) is 22.2 Å². The third-order valence-corrected chi connectivity index (χ3v) is 8.39. The predicted octanol–water partition coefficient (Wildman–Crippen LogP) is 5.02. The van der Waals surface area contributed by atoms with E-state index < -0.39 is 5.60 Å². The molecule has 2 aliphatic carbocycles. The molecular weight excluding hydrogens is 312 g/mol. The maximum atomic E-state index is 11.3. The van der Waals surface area contributed by atoms with Gasteiger partial charge in [0, 0.05) is 0 Å². The van der Waals surface area contributed by atoms with E-state index in [1.54, 1.807) is 12.1 Å². The molecule has 3 N–H and O–H groups in total. The summed E-state index contributed by atoms with van der Waals surface area (Å²) in [5.74, 6) is 0.422. The van der Waals surface area contributed by atoms with Gasteiger partial charge in [-0.15, -0.1) is 0 Å². The highest BCUT2D eigenvalue weighted by Crippen LogP contribution is 2.69. The smallest absolute Gasteiger partial charge is 0.119 e. The van der Waals surface area contributed by atoms with Crippen LogP contribution >= 0.6 is 0 Å². The standard InChI is InChI=1S/C22H34O3/c1-19(2)9-6-10-20(3)18(21(4,25)11-12-22(19,20)5)14-15-13-16(23)7-8-17(15)24/h7-8,13,18,23-25H,6,9-12,14H2,1-5H3/t18-,20-,21-,22+/m0/s1. The number of aromatic hydroxyl groups is 2. The molecule has 0 unspecified atom stereocenters. The van der Waals surface area contributed by atoms with Crippen molar-refractivity contribution in [1.82, 2.24) is 0 Å². The fourth-order valence-corrected chi connectivity index (χ4v) is 6.17. The van der Waals surface area contributed by atoms with E-state index in [1.807, 2.05) is 6.92 Å². The van der Waals surface area contributed by atoms with Gasteiger partial charge in [0.25, 0.3) is 0 Å². The molecule has 4 atom stereocenters. The zero-order chi connectivity index (χ0) is 18.7. The van der Waals surface area contributed by atoms with Gasteiger partial charge in [-0.3, -0.25) is 0 Å². The molecular formula is C22H34O3. The Morgan fingerprint density at radius 2 is 1.64 bits per heavy atom. The lowest BCUT2D eigenvalue weighted by molar-refractivity contribution is -0.216. The molecule has 3 nitrogen and oxygen atoms in total. The van der Waals surface area contributed by atoms with Gasteiger partial charge in [0.1, 0.15) is 11.5 Å². The summed E-state index contributed by atoms with van der Waals surface area (Å²) in [4.78, 5) is 0. The van der Waals surface area contributed by atoms with Crippen LogP contribution in [0.2, 0.25) is 0 Å². The highest BCUT2D eigenvalue weighted by atomic mass is 16.3. The zero-order valence-electron chi connectivity index (χ0n) is 16.4. The van der Waals surface area contributed by atoms with Gasteiger partial charge < -0.3 is 15.3 Å². The Balaban J connectivity index is 2.06. The molecule has 2 saturated carbocycles. The summed E-state index contributed by atoms with van der Waals surface area (Å²) in [6.45, 7) is 11.5. The Morgan fingerprint density at radius 3 is 2.32 bits per heavy atom. The van der Waals surface area contributed by atoms with Crippen LogP contribution in [0.4, 0.5) is 0 Å². The SMILES string of the molecule is CC1(C)CCC[C@@]2(C)[C@H](Cc3cc(O)ccc3O)[C@@](C)(O)CC[C@]12C.